The topological polar surface area (TPSA) is 59.2 Å². The zero-order valence-electron chi connectivity index (χ0n) is 15.3. The number of alkyl halides is 3. The lowest BCUT2D eigenvalue weighted by Gasteiger charge is -2.25. The van der Waals surface area contributed by atoms with E-state index >= 15 is 0 Å². The van der Waals surface area contributed by atoms with Crippen molar-refractivity contribution in [3.8, 4) is 10.6 Å². The van der Waals surface area contributed by atoms with Crippen LogP contribution in [0.1, 0.15) is 22.9 Å². The smallest absolute Gasteiger partial charge is 0.368 e. The summed E-state index contributed by atoms with van der Waals surface area (Å²) in [6.07, 6.45) is -4.39. The van der Waals surface area contributed by atoms with Crippen LogP contribution >= 0.6 is 11.3 Å². The number of halogens is 4. The van der Waals surface area contributed by atoms with E-state index in [4.69, 9.17) is 5.73 Å². The Bertz CT molecular complexity index is 1000. The van der Waals surface area contributed by atoms with Gasteiger partial charge in [-0.15, -0.1) is 11.3 Å². The third kappa shape index (κ3) is 4.99. The van der Waals surface area contributed by atoms with Crippen molar-refractivity contribution in [1.82, 2.24) is 9.88 Å². The number of nitrogens with zero attached hydrogens (tertiary/aromatic N) is 2. The number of amides is 1. The van der Waals surface area contributed by atoms with Gasteiger partial charge in [0.1, 0.15) is 16.9 Å². The SMILES string of the molecule is CN(Cc1csc(-c2ccc(C(F)(F)F)cc2)n1)C(C(N)=O)c1cccc(F)c1. The highest BCUT2D eigenvalue weighted by molar-refractivity contribution is 7.13. The lowest BCUT2D eigenvalue weighted by molar-refractivity contribution is -0.137. The number of carbonyl (C=O) groups is 1. The first kappa shape index (κ1) is 20.9. The van der Waals surface area contributed by atoms with Crippen molar-refractivity contribution in [2.45, 2.75) is 18.8 Å². The summed E-state index contributed by atoms with van der Waals surface area (Å²) in [5.74, 6) is -1.10. The Morgan fingerprint density at radius 2 is 1.90 bits per heavy atom. The summed E-state index contributed by atoms with van der Waals surface area (Å²) in [6, 6.07) is 9.55. The van der Waals surface area contributed by atoms with E-state index in [0.717, 1.165) is 12.1 Å². The van der Waals surface area contributed by atoms with Crippen molar-refractivity contribution in [2.24, 2.45) is 5.73 Å². The van der Waals surface area contributed by atoms with Gasteiger partial charge in [0.05, 0.1) is 11.3 Å². The van der Waals surface area contributed by atoms with Crippen molar-refractivity contribution in [3.63, 3.8) is 0 Å². The molecule has 0 fully saturated rings. The van der Waals surface area contributed by atoms with E-state index < -0.39 is 29.5 Å². The van der Waals surface area contributed by atoms with Gasteiger partial charge >= 0.3 is 6.18 Å². The zero-order chi connectivity index (χ0) is 21.2. The number of hydrogen-bond acceptors (Lipinski definition) is 4. The van der Waals surface area contributed by atoms with E-state index in [2.05, 4.69) is 4.98 Å². The van der Waals surface area contributed by atoms with Crippen molar-refractivity contribution in [1.29, 1.82) is 0 Å². The van der Waals surface area contributed by atoms with Crippen molar-refractivity contribution >= 4 is 17.2 Å². The number of hydrogen-bond donors (Lipinski definition) is 1. The number of carbonyl (C=O) groups excluding carboxylic acids is 1. The molecule has 29 heavy (non-hydrogen) atoms. The number of benzene rings is 2. The fourth-order valence-corrected chi connectivity index (χ4v) is 3.79. The first-order valence-electron chi connectivity index (χ1n) is 8.52. The van der Waals surface area contributed by atoms with E-state index in [1.807, 2.05) is 0 Å². The van der Waals surface area contributed by atoms with Gasteiger partial charge in [0.25, 0.3) is 0 Å². The number of rotatable bonds is 6. The fraction of sp³-hybridized carbons (Fsp3) is 0.200. The summed E-state index contributed by atoms with van der Waals surface area (Å²) in [6.45, 7) is 0.251. The van der Waals surface area contributed by atoms with Gasteiger partial charge in [0.15, 0.2) is 0 Å². The number of thiazole rings is 1. The first-order chi connectivity index (χ1) is 13.6. The molecule has 9 heteroatoms. The second kappa shape index (κ2) is 8.30. The maximum atomic E-state index is 13.5. The molecule has 0 saturated carbocycles. The summed E-state index contributed by atoms with van der Waals surface area (Å²) in [7, 11) is 1.66. The highest BCUT2D eigenvalue weighted by Crippen LogP contribution is 2.32. The predicted octanol–water partition coefficient (Wildman–Crippen LogP) is 4.63. The van der Waals surface area contributed by atoms with Gasteiger partial charge in [-0.05, 0) is 36.9 Å². The molecule has 0 aliphatic rings. The lowest BCUT2D eigenvalue weighted by Crippen LogP contribution is -2.35. The Hall–Kier alpha value is -2.78. The van der Waals surface area contributed by atoms with E-state index in [1.54, 1.807) is 23.4 Å². The molecule has 0 bridgehead atoms. The molecule has 2 aromatic carbocycles. The molecule has 1 atom stereocenters. The van der Waals surface area contributed by atoms with Gasteiger partial charge in [-0.2, -0.15) is 13.2 Å². The number of primary amides is 1. The van der Waals surface area contributed by atoms with Crippen LogP contribution in [-0.2, 0) is 17.5 Å². The monoisotopic (exact) mass is 423 g/mol. The van der Waals surface area contributed by atoms with Gasteiger partial charge in [-0.25, -0.2) is 9.37 Å². The predicted molar refractivity (Wildman–Crippen MR) is 102 cm³/mol. The van der Waals surface area contributed by atoms with Crippen LogP contribution in [0.25, 0.3) is 10.6 Å². The molecule has 1 amide bonds. The van der Waals surface area contributed by atoms with Crippen LogP contribution in [0, 0.1) is 5.82 Å². The molecular weight excluding hydrogens is 406 g/mol. The van der Waals surface area contributed by atoms with E-state index in [1.165, 1.54) is 41.7 Å². The largest absolute Gasteiger partial charge is 0.416 e. The number of nitrogens with two attached hydrogens (primary N) is 1. The standard InChI is InChI=1S/C20H17F4N3OS/c1-27(17(18(25)28)13-3-2-4-15(21)9-13)10-16-11-29-19(26-16)12-5-7-14(8-6-12)20(22,23)24/h2-9,11,17H,10H2,1H3,(H2,25,28). The molecule has 4 nitrogen and oxygen atoms in total. The van der Waals surface area contributed by atoms with Crippen LogP contribution in [0.5, 0.6) is 0 Å². The third-order valence-corrected chi connectivity index (χ3v) is 5.24. The molecule has 0 saturated heterocycles. The quantitative estimate of drug-likeness (QED) is 0.589. The molecule has 0 aliphatic heterocycles. The Morgan fingerprint density at radius 3 is 2.48 bits per heavy atom. The Morgan fingerprint density at radius 1 is 1.21 bits per heavy atom. The minimum Gasteiger partial charge on any atom is -0.368 e. The summed E-state index contributed by atoms with van der Waals surface area (Å²) >= 11 is 1.28. The Kier molecular flexibility index (Phi) is 5.99. The molecular formula is C20H17F4N3OS. The van der Waals surface area contributed by atoms with Gasteiger partial charge < -0.3 is 5.73 Å². The highest BCUT2D eigenvalue weighted by Gasteiger charge is 2.30. The minimum atomic E-state index is -4.39. The molecule has 0 aliphatic carbocycles. The molecule has 1 heterocycles. The van der Waals surface area contributed by atoms with Crippen LogP contribution in [-0.4, -0.2) is 22.8 Å². The lowest BCUT2D eigenvalue weighted by atomic mass is 10.0. The average molecular weight is 423 g/mol. The molecule has 0 spiro atoms. The maximum Gasteiger partial charge on any atom is 0.416 e. The Balaban J connectivity index is 1.77. The highest BCUT2D eigenvalue weighted by atomic mass is 32.1. The van der Waals surface area contributed by atoms with Crippen molar-refractivity contribution in [2.75, 3.05) is 7.05 Å². The van der Waals surface area contributed by atoms with Crippen LogP contribution < -0.4 is 5.73 Å². The van der Waals surface area contributed by atoms with Crippen LogP contribution in [0.3, 0.4) is 0 Å². The minimum absolute atomic E-state index is 0.251. The van der Waals surface area contributed by atoms with E-state index in [9.17, 15) is 22.4 Å². The molecule has 1 unspecified atom stereocenters. The average Bonchev–Trinajstić information content (AvgIpc) is 3.09. The van der Waals surface area contributed by atoms with Gasteiger partial charge in [-0.1, -0.05) is 24.3 Å². The van der Waals surface area contributed by atoms with Crippen LogP contribution in [0.4, 0.5) is 17.6 Å². The van der Waals surface area contributed by atoms with E-state index in [-0.39, 0.29) is 6.54 Å². The Labute approximate surface area is 168 Å². The molecule has 3 aromatic rings. The molecule has 2 N–H and O–H groups in total. The summed E-state index contributed by atoms with van der Waals surface area (Å²) in [5.41, 5.74) is 6.39. The second-order valence-electron chi connectivity index (χ2n) is 6.49. The number of aromatic nitrogens is 1. The first-order valence-corrected chi connectivity index (χ1v) is 9.40. The van der Waals surface area contributed by atoms with Gasteiger partial charge in [0, 0.05) is 17.5 Å². The molecule has 1 aromatic heterocycles. The zero-order valence-corrected chi connectivity index (χ0v) is 16.1. The number of likely N-dealkylation sites (N-methyl/N-ethyl adjacent to an activating group) is 1. The van der Waals surface area contributed by atoms with E-state index in [0.29, 0.717) is 21.8 Å². The fourth-order valence-electron chi connectivity index (χ4n) is 2.97. The second-order valence-corrected chi connectivity index (χ2v) is 7.35. The summed E-state index contributed by atoms with van der Waals surface area (Å²) < 4.78 is 51.6. The van der Waals surface area contributed by atoms with Gasteiger partial charge in [-0.3, -0.25) is 9.69 Å². The van der Waals surface area contributed by atoms with Crippen LogP contribution in [0.15, 0.2) is 53.9 Å². The van der Waals surface area contributed by atoms with Crippen molar-refractivity contribution in [3.05, 3.63) is 76.5 Å². The van der Waals surface area contributed by atoms with Gasteiger partial charge in [0.2, 0.25) is 5.91 Å². The third-order valence-electron chi connectivity index (χ3n) is 4.30. The summed E-state index contributed by atoms with van der Waals surface area (Å²) in [5, 5.41) is 2.32. The molecule has 152 valence electrons. The molecule has 0 radical (unpaired) electrons. The maximum absolute atomic E-state index is 13.5. The van der Waals surface area contributed by atoms with Crippen LogP contribution in [0.2, 0.25) is 0 Å². The van der Waals surface area contributed by atoms with Crippen molar-refractivity contribution < 1.29 is 22.4 Å². The summed E-state index contributed by atoms with van der Waals surface area (Å²) in [4.78, 5) is 18.0. The molecule has 3 rings (SSSR count). The normalized spacial score (nSPS) is 12.9.